The van der Waals surface area contributed by atoms with Crippen molar-refractivity contribution in [2.24, 2.45) is 5.84 Å². The number of hydrazine groups is 1. The van der Waals surface area contributed by atoms with Gasteiger partial charge < -0.3 is 0 Å². The van der Waals surface area contributed by atoms with E-state index in [1.54, 1.807) is 0 Å². The van der Waals surface area contributed by atoms with Crippen LogP contribution in [0.15, 0.2) is 0 Å². The Balaban J connectivity index is 0. The predicted molar refractivity (Wildman–Crippen MR) is 10.2 cm³/mol. The minimum atomic E-state index is -4.94. The number of quaternary nitrogens is 1. The quantitative estimate of drug-likeness (QED) is 0.228. The Hall–Kier alpha value is 0.01000. The van der Waals surface area contributed by atoms with Gasteiger partial charge in [-0.15, -0.1) is 15.8 Å². The van der Waals surface area contributed by atoms with E-state index in [-0.39, 0.29) is 0 Å². The molecule has 52 valence electrons. The summed E-state index contributed by atoms with van der Waals surface area (Å²) < 4.78 is 34.0. The Morgan fingerprint density at radius 1 is 1.25 bits per heavy atom. The molecule has 0 fully saturated rings. The predicted octanol–water partition coefficient (Wildman–Crippen LogP) is -7.15. The van der Waals surface area contributed by atoms with Crippen molar-refractivity contribution in [1.29, 1.82) is 0 Å². The van der Waals surface area contributed by atoms with E-state index in [4.69, 9.17) is 18.6 Å². The first kappa shape index (κ1) is 10.9. The monoisotopic (exact) mass is 147 g/mol. The van der Waals surface area contributed by atoms with Crippen LogP contribution in [0.2, 0.25) is 0 Å². The molecule has 0 aliphatic rings. The van der Waals surface area contributed by atoms with Crippen LogP contribution in [0.4, 0.5) is 0 Å². The van der Waals surface area contributed by atoms with E-state index in [1.807, 2.05) is 5.53 Å². The molecule has 0 rings (SSSR count). The van der Waals surface area contributed by atoms with Crippen LogP contribution in [-0.4, -0.2) is 0 Å². The van der Waals surface area contributed by atoms with E-state index in [0.717, 1.165) is 0 Å². The van der Waals surface area contributed by atoms with Crippen molar-refractivity contribution in [3.63, 3.8) is 0 Å². The summed E-state index contributed by atoms with van der Waals surface area (Å²) in [5.74, 6) is 7.50. The molecule has 0 amide bonds. The zero-order chi connectivity index (χ0) is 7.21. The molecule has 8 heavy (non-hydrogen) atoms. The molecule has 0 bridgehead atoms. The van der Waals surface area contributed by atoms with Gasteiger partial charge in [-0.05, 0) is 0 Å². The Labute approximate surface area is 47.2 Å². The summed E-state index contributed by atoms with van der Waals surface area (Å²) in [5.41, 5.74) is 2.00. The minimum Gasteiger partial charge on any atom is -0.267 e. The third-order valence-corrected chi connectivity index (χ3v) is 0. The van der Waals surface area contributed by atoms with Crippen LogP contribution in [0.3, 0.4) is 0 Å². The lowest BCUT2D eigenvalue weighted by atomic mass is 12.6. The number of nitrogens with one attached hydrogen (secondary N) is 1. The standard InChI is InChI=1S/ClHO4.H5N3/c2-1(3,4)5;1-3-2/h(H,2,3,4,5);3H,1-2H2. The highest BCUT2D eigenvalue weighted by Crippen LogP contribution is 1.49. The molecule has 0 atom stereocenters. The summed E-state index contributed by atoms with van der Waals surface area (Å²) in [5, 5.41) is 0. The number of nitrogens with two attached hydrogens (primary N) is 1. The minimum absolute atomic E-state index is 2.00. The maximum atomic E-state index is 8.49. The van der Waals surface area contributed by atoms with Crippen LogP contribution in [0.5, 0.6) is 0 Å². The molecule has 8 heteroatoms. The summed E-state index contributed by atoms with van der Waals surface area (Å²) in [4.78, 5) is 0. The van der Waals surface area contributed by atoms with Gasteiger partial charge >= 0.3 is 0 Å². The van der Waals surface area contributed by atoms with Gasteiger partial charge in [0.2, 0.25) is 0 Å². The second kappa shape index (κ2) is 5.15. The fourth-order valence-electron chi connectivity index (χ4n) is 0. The summed E-state index contributed by atoms with van der Waals surface area (Å²) >= 11 is 0. The van der Waals surface area contributed by atoms with E-state index in [9.17, 15) is 0 Å². The van der Waals surface area contributed by atoms with Crippen molar-refractivity contribution in [1.82, 2.24) is 5.53 Å². The Morgan fingerprint density at radius 3 is 1.25 bits per heavy atom. The highest BCUT2D eigenvalue weighted by Gasteiger charge is 1.84. The number of halogens is 1. The molecule has 0 aliphatic heterocycles. The summed E-state index contributed by atoms with van der Waals surface area (Å²) in [6.07, 6.45) is 0. The summed E-state index contributed by atoms with van der Waals surface area (Å²) in [7, 11) is -4.94. The molecule has 0 aromatic carbocycles. The van der Waals surface area contributed by atoms with Crippen molar-refractivity contribution in [2.75, 3.05) is 0 Å². The average molecular weight is 148 g/mol. The fraction of sp³-hybridized carbons (Fsp3) is 0. The average Bonchev–Trinajstić information content (AvgIpc) is 1.27. The highest BCUT2D eigenvalue weighted by molar-refractivity contribution is 3.37. The molecule has 6 N–H and O–H groups in total. The van der Waals surface area contributed by atoms with Crippen molar-refractivity contribution >= 4 is 0 Å². The second-order valence-corrected chi connectivity index (χ2v) is 1.34. The Kier molecular flexibility index (Phi) is 7.02. The maximum Gasteiger partial charge on any atom is -0.107 e. The first-order chi connectivity index (χ1) is 3.41. The van der Waals surface area contributed by atoms with Gasteiger partial charge in [0, 0.05) is 0 Å². The van der Waals surface area contributed by atoms with Gasteiger partial charge in [-0.2, -0.15) is 0 Å². The highest BCUT2D eigenvalue weighted by atomic mass is 35.7. The fourth-order valence-corrected chi connectivity index (χ4v) is 0. The van der Waals surface area contributed by atoms with Crippen molar-refractivity contribution in [2.45, 2.75) is 0 Å². The lowest BCUT2D eigenvalue weighted by Gasteiger charge is -2.17. The zero-order valence-electron chi connectivity index (χ0n) is 3.80. The molecule has 0 heterocycles. The second-order valence-electron chi connectivity index (χ2n) is 0.582. The van der Waals surface area contributed by atoms with Crippen molar-refractivity contribution in [3.8, 4) is 0 Å². The number of hydrogen-bond acceptors (Lipinski definition) is 6. The molecule has 0 saturated carbocycles. The van der Waals surface area contributed by atoms with Gasteiger partial charge in [0.1, 0.15) is 0 Å². The Morgan fingerprint density at radius 2 is 1.25 bits per heavy atom. The maximum absolute atomic E-state index is 8.49. The molecule has 0 saturated heterocycles. The summed E-state index contributed by atoms with van der Waals surface area (Å²) in [6, 6.07) is 0. The molecule has 7 nitrogen and oxygen atoms in total. The van der Waals surface area contributed by atoms with Crippen molar-refractivity contribution in [3.05, 3.63) is 0 Å². The Bertz CT molecular complexity index is 35.0. The third kappa shape index (κ3) is 1510000. The number of rotatable bonds is 0. The molecule has 0 aromatic heterocycles. The van der Waals surface area contributed by atoms with Crippen LogP contribution in [0, 0.1) is 10.2 Å². The largest absolute Gasteiger partial charge is 0.267 e. The van der Waals surface area contributed by atoms with E-state index in [2.05, 4.69) is 11.7 Å². The van der Waals surface area contributed by atoms with E-state index < -0.39 is 10.2 Å². The van der Waals surface area contributed by atoms with Gasteiger partial charge in [-0.3, -0.25) is 5.84 Å². The number of hydrogen-bond donors (Lipinski definition) is 3. The molecule has 0 aromatic rings. The van der Waals surface area contributed by atoms with Crippen LogP contribution in [0.1, 0.15) is 0 Å². The topological polar surface area (TPSA) is 158 Å². The van der Waals surface area contributed by atoms with E-state index in [1.165, 1.54) is 0 Å². The van der Waals surface area contributed by atoms with Crippen LogP contribution < -0.4 is 35.9 Å². The van der Waals surface area contributed by atoms with E-state index >= 15 is 0 Å². The lowest BCUT2D eigenvalue weighted by molar-refractivity contribution is -2.00. The van der Waals surface area contributed by atoms with Crippen LogP contribution in [0.25, 0.3) is 0 Å². The normalized spacial score (nSPS) is 9.75. The van der Waals surface area contributed by atoms with Crippen LogP contribution >= 0.6 is 0 Å². The zero-order valence-corrected chi connectivity index (χ0v) is 4.55. The molecular weight excluding hydrogens is 141 g/mol. The van der Waals surface area contributed by atoms with Gasteiger partial charge in [0.25, 0.3) is 0 Å². The smallest absolute Gasteiger partial charge is 0.107 e. The van der Waals surface area contributed by atoms with Crippen molar-refractivity contribution < 1.29 is 34.7 Å². The first-order valence-electron chi connectivity index (χ1n) is 1.26. The summed E-state index contributed by atoms with van der Waals surface area (Å²) in [6.45, 7) is 0. The first-order valence-corrected chi connectivity index (χ1v) is 2.49. The molecule has 0 aliphatic carbocycles. The molecule has 0 radical (unpaired) electrons. The lowest BCUT2D eigenvalue weighted by Crippen LogP contribution is -2.68. The molecule has 0 unspecified atom stereocenters. The molecule has 0 spiro atoms. The SMILES string of the molecule is NN[NH3+].[O-][Cl+3]([O-])([O-])[O-]. The van der Waals surface area contributed by atoms with Gasteiger partial charge in [0.05, 0.1) is 0 Å². The van der Waals surface area contributed by atoms with E-state index in [0.29, 0.717) is 0 Å². The third-order valence-electron chi connectivity index (χ3n) is 0. The van der Waals surface area contributed by atoms with Gasteiger partial charge in [-0.1, -0.05) is 0 Å². The van der Waals surface area contributed by atoms with Gasteiger partial charge in [-0.25, -0.2) is 24.5 Å². The van der Waals surface area contributed by atoms with Crippen LogP contribution in [-0.2, 0) is 0 Å². The molecular formula is H6ClN3O4. The van der Waals surface area contributed by atoms with Gasteiger partial charge in [0.15, 0.2) is 0 Å².